The Morgan fingerprint density at radius 3 is 1.90 bits per heavy atom. The van der Waals surface area contributed by atoms with Crippen LogP contribution in [0.2, 0.25) is 31.2 Å². The van der Waals surface area contributed by atoms with Crippen LogP contribution in [0.3, 0.4) is 0 Å². The smallest absolute Gasteiger partial charge is 0.127 e. The SMILES string of the molecule is C=C[Si](C)(C)CN(C1CCCCC1)[Si](CC)(CC)CC. The highest BCUT2D eigenvalue weighted by atomic mass is 28.3. The van der Waals surface area contributed by atoms with Crippen molar-refractivity contribution >= 4 is 16.3 Å². The third-order valence-corrected chi connectivity index (χ3v) is 14.0. The molecule has 1 aliphatic carbocycles. The van der Waals surface area contributed by atoms with Crippen molar-refractivity contribution < 1.29 is 0 Å². The van der Waals surface area contributed by atoms with Gasteiger partial charge < -0.3 is 4.57 Å². The molecule has 20 heavy (non-hydrogen) atoms. The molecule has 0 aliphatic heterocycles. The normalized spacial score (nSPS) is 18.5. The summed E-state index contributed by atoms with van der Waals surface area (Å²) in [5, 5.41) is 0. The molecule has 1 nitrogen and oxygen atoms in total. The molecular weight excluding hydrogens is 274 g/mol. The average Bonchev–Trinajstić information content (AvgIpc) is 2.49. The molecule has 0 unspecified atom stereocenters. The Hall–Kier alpha value is 0.134. The van der Waals surface area contributed by atoms with Crippen LogP contribution in [0.4, 0.5) is 0 Å². The second-order valence-corrected chi connectivity index (χ2v) is 17.2. The molecule has 1 rings (SSSR count). The van der Waals surface area contributed by atoms with Crippen LogP contribution in [0, 0.1) is 0 Å². The maximum atomic E-state index is 4.14. The summed E-state index contributed by atoms with van der Waals surface area (Å²) in [6.45, 7) is 16.5. The van der Waals surface area contributed by atoms with Crippen molar-refractivity contribution in [2.75, 3.05) is 6.17 Å². The summed E-state index contributed by atoms with van der Waals surface area (Å²) in [6, 6.07) is 5.18. The lowest BCUT2D eigenvalue weighted by Gasteiger charge is -2.49. The van der Waals surface area contributed by atoms with Gasteiger partial charge in [-0.15, -0.1) is 12.3 Å². The van der Waals surface area contributed by atoms with E-state index in [9.17, 15) is 0 Å². The molecule has 0 aromatic rings. The molecule has 0 radical (unpaired) electrons. The maximum absolute atomic E-state index is 4.14. The van der Waals surface area contributed by atoms with Crippen molar-refractivity contribution in [2.45, 2.75) is 90.1 Å². The van der Waals surface area contributed by atoms with Crippen molar-refractivity contribution in [2.24, 2.45) is 0 Å². The van der Waals surface area contributed by atoms with Gasteiger partial charge in [0.25, 0.3) is 0 Å². The van der Waals surface area contributed by atoms with E-state index in [4.69, 9.17) is 0 Å². The number of hydrogen-bond acceptors (Lipinski definition) is 1. The Labute approximate surface area is 129 Å². The van der Waals surface area contributed by atoms with E-state index < -0.39 is 16.3 Å². The van der Waals surface area contributed by atoms with Crippen LogP contribution in [-0.2, 0) is 0 Å². The molecule has 0 atom stereocenters. The molecule has 0 spiro atoms. The summed E-state index contributed by atoms with van der Waals surface area (Å²) in [5.74, 6) is 0. The summed E-state index contributed by atoms with van der Waals surface area (Å²) in [7, 11) is -2.50. The van der Waals surface area contributed by atoms with E-state index in [2.05, 4.69) is 50.7 Å². The molecule has 0 heterocycles. The van der Waals surface area contributed by atoms with E-state index in [-0.39, 0.29) is 0 Å². The highest BCUT2D eigenvalue weighted by Gasteiger charge is 2.41. The maximum Gasteiger partial charge on any atom is 0.127 e. The number of nitrogens with zero attached hydrogens (tertiary/aromatic N) is 1. The van der Waals surface area contributed by atoms with E-state index in [1.165, 1.54) is 56.4 Å². The predicted octanol–water partition coefficient (Wildman–Crippen LogP) is 5.60. The molecule has 0 aromatic heterocycles. The Kier molecular flexibility index (Phi) is 7.23. The van der Waals surface area contributed by atoms with Crippen LogP contribution >= 0.6 is 0 Å². The van der Waals surface area contributed by atoms with E-state index in [0.717, 1.165) is 6.04 Å². The summed E-state index contributed by atoms with van der Waals surface area (Å²) >= 11 is 0. The van der Waals surface area contributed by atoms with Gasteiger partial charge in [0.1, 0.15) is 8.24 Å². The average molecular weight is 312 g/mol. The molecule has 0 N–H and O–H groups in total. The minimum Gasteiger partial charge on any atom is -0.323 e. The van der Waals surface area contributed by atoms with Gasteiger partial charge in [-0.3, -0.25) is 0 Å². The molecular formula is C17H37NSi2. The van der Waals surface area contributed by atoms with Crippen LogP contribution in [0.5, 0.6) is 0 Å². The van der Waals surface area contributed by atoms with E-state index in [1.807, 2.05) is 0 Å². The van der Waals surface area contributed by atoms with Gasteiger partial charge >= 0.3 is 0 Å². The monoisotopic (exact) mass is 311 g/mol. The second kappa shape index (κ2) is 7.95. The van der Waals surface area contributed by atoms with Crippen LogP contribution in [-0.4, -0.2) is 33.1 Å². The zero-order valence-electron chi connectivity index (χ0n) is 14.7. The summed E-state index contributed by atoms with van der Waals surface area (Å²) in [6.07, 6.45) is 8.65. The Bertz CT molecular complexity index is 283. The fourth-order valence-corrected chi connectivity index (χ4v) is 11.5. The molecule has 1 aliphatic rings. The lowest BCUT2D eigenvalue weighted by molar-refractivity contribution is 0.264. The standard InChI is InChI=1S/C17H37NSi2/c1-7-19(5,6)16-18(17-14-12-11-13-15-17)20(8-2,9-3)10-4/h7,17H,1,8-16H2,2-6H3. The summed E-state index contributed by atoms with van der Waals surface area (Å²) < 4.78 is 3.08. The van der Waals surface area contributed by atoms with Crippen molar-refractivity contribution in [3.8, 4) is 0 Å². The number of hydrogen-bond donors (Lipinski definition) is 0. The highest BCUT2D eigenvalue weighted by Crippen LogP contribution is 2.33. The van der Waals surface area contributed by atoms with Gasteiger partial charge in [0.2, 0.25) is 0 Å². The van der Waals surface area contributed by atoms with Crippen molar-refractivity contribution in [3.05, 3.63) is 12.3 Å². The van der Waals surface area contributed by atoms with Crippen molar-refractivity contribution in [1.82, 2.24) is 4.57 Å². The van der Waals surface area contributed by atoms with Gasteiger partial charge in [-0.1, -0.05) is 53.1 Å². The molecule has 0 saturated heterocycles. The van der Waals surface area contributed by atoms with E-state index >= 15 is 0 Å². The van der Waals surface area contributed by atoms with Crippen LogP contribution in [0.15, 0.2) is 12.3 Å². The van der Waals surface area contributed by atoms with E-state index in [0.29, 0.717) is 0 Å². The molecule has 0 bridgehead atoms. The van der Waals surface area contributed by atoms with Crippen molar-refractivity contribution in [1.29, 1.82) is 0 Å². The lowest BCUT2D eigenvalue weighted by atomic mass is 9.96. The molecule has 3 heteroatoms. The minimum atomic E-state index is -1.26. The van der Waals surface area contributed by atoms with Gasteiger partial charge in [0, 0.05) is 6.04 Å². The summed E-state index contributed by atoms with van der Waals surface area (Å²) in [5.41, 5.74) is 2.31. The van der Waals surface area contributed by atoms with Gasteiger partial charge in [-0.2, -0.15) is 0 Å². The van der Waals surface area contributed by atoms with Gasteiger partial charge in [-0.25, -0.2) is 0 Å². The first kappa shape index (κ1) is 18.2. The third kappa shape index (κ3) is 4.31. The Balaban J connectivity index is 3.01. The molecule has 1 saturated carbocycles. The van der Waals surface area contributed by atoms with Gasteiger partial charge in [0.05, 0.1) is 8.07 Å². The molecule has 0 amide bonds. The topological polar surface area (TPSA) is 3.24 Å². The second-order valence-electron chi connectivity index (χ2n) is 7.40. The zero-order valence-corrected chi connectivity index (χ0v) is 16.7. The predicted molar refractivity (Wildman–Crippen MR) is 98.5 cm³/mol. The van der Waals surface area contributed by atoms with Gasteiger partial charge in [0.15, 0.2) is 0 Å². The fourth-order valence-electron chi connectivity index (χ4n) is 3.94. The van der Waals surface area contributed by atoms with E-state index in [1.54, 1.807) is 0 Å². The first-order valence-corrected chi connectivity index (χ1v) is 14.7. The molecule has 0 aromatic carbocycles. The highest BCUT2D eigenvalue weighted by molar-refractivity contribution is 6.84. The first-order chi connectivity index (χ1) is 9.44. The molecule has 118 valence electrons. The van der Waals surface area contributed by atoms with Crippen LogP contribution in [0.1, 0.15) is 52.9 Å². The number of rotatable bonds is 8. The first-order valence-electron chi connectivity index (χ1n) is 8.85. The largest absolute Gasteiger partial charge is 0.323 e. The Morgan fingerprint density at radius 2 is 1.50 bits per heavy atom. The van der Waals surface area contributed by atoms with Crippen molar-refractivity contribution in [3.63, 3.8) is 0 Å². The Morgan fingerprint density at radius 1 is 1.00 bits per heavy atom. The fraction of sp³-hybridized carbons (Fsp3) is 0.882. The van der Waals surface area contributed by atoms with Gasteiger partial charge in [-0.05, 0) is 37.1 Å². The summed E-state index contributed by atoms with van der Waals surface area (Å²) in [4.78, 5) is 0. The quantitative estimate of drug-likeness (QED) is 0.527. The zero-order chi connectivity index (χ0) is 15.2. The van der Waals surface area contributed by atoms with Crippen LogP contribution in [0.25, 0.3) is 0 Å². The third-order valence-electron chi connectivity index (χ3n) is 5.73. The molecule has 1 fully saturated rings. The minimum absolute atomic E-state index is 0.891. The van der Waals surface area contributed by atoms with Crippen LogP contribution < -0.4 is 0 Å². The lowest BCUT2D eigenvalue weighted by Crippen LogP contribution is -2.61.